The number of methoxy groups -OCH3 is 1. The van der Waals surface area contributed by atoms with Crippen LogP contribution in [0.5, 0.6) is 11.5 Å². The number of benzene rings is 1. The molecule has 4 nitrogen and oxygen atoms in total. The van der Waals surface area contributed by atoms with Gasteiger partial charge in [0.15, 0.2) is 11.5 Å². The van der Waals surface area contributed by atoms with Crippen LogP contribution in [-0.4, -0.2) is 33.5 Å². The van der Waals surface area contributed by atoms with Gasteiger partial charge in [0.25, 0.3) is 0 Å². The van der Waals surface area contributed by atoms with Gasteiger partial charge in [-0.05, 0) is 31.4 Å². The molecule has 0 unspecified atom stereocenters. The van der Waals surface area contributed by atoms with Crippen molar-refractivity contribution in [2.24, 2.45) is 0 Å². The number of ether oxygens (including phenoxy) is 3. The molecule has 0 amide bonds. The number of rotatable bonds is 11. The first-order chi connectivity index (χ1) is 9.81. The maximum Gasteiger partial charge on any atom is 0.163 e. The second kappa shape index (κ2) is 10.4. The lowest BCUT2D eigenvalue weighted by Crippen LogP contribution is -2.06. The van der Waals surface area contributed by atoms with Gasteiger partial charge in [0, 0.05) is 32.0 Å². The summed E-state index contributed by atoms with van der Waals surface area (Å²) in [5.41, 5.74) is 1.05. The average molecular weight is 281 g/mol. The second-order valence-electron chi connectivity index (χ2n) is 4.63. The fourth-order valence-corrected chi connectivity index (χ4v) is 1.72. The highest BCUT2D eigenvalue weighted by molar-refractivity contribution is 5.54. The fourth-order valence-electron chi connectivity index (χ4n) is 1.72. The quantitative estimate of drug-likeness (QED) is 0.628. The zero-order valence-electron chi connectivity index (χ0n) is 12.9. The van der Waals surface area contributed by atoms with E-state index in [-0.39, 0.29) is 0 Å². The summed E-state index contributed by atoms with van der Waals surface area (Å²) in [6, 6.07) is 6.00. The minimum atomic E-state index is 0.704. The maximum absolute atomic E-state index is 5.76. The molecule has 114 valence electrons. The summed E-state index contributed by atoms with van der Waals surface area (Å²) in [5, 5.41) is 3.36. The molecular weight excluding hydrogens is 254 g/mol. The first-order valence-corrected chi connectivity index (χ1v) is 7.44. The van der Waals surface area contributed by atoms with Gasteiger partial charge in [-0.3, -0.25) is 0 Å². The molecule has 0 saturated carbocycles. The minimum absolute atomic E-state index is 0.704. The van der Waals surface area contributed by atoms with E-state index in [1.807, 2.05) is 18.2 Å². The van der Waals surface area contributed by atoms with Crippen molar-refractivity contribution in [3.8, 4) is 11.5 Å². The number of nitrogens with one attached hydrogen (secondary N) is 1. The topological polar surface area (TPSA) is 39.7 Å². The van der Waals surface area contributed by atoms with Crippen LogP contribution < -0.4 is 14.8 Å². The molecular formula is C16H27NO3. The third-order valence-electron chi connectivity index (χ3n) is 2.72. The first-order valence-electron chi connectivity index (χ1n) is 7.44. The molecule has 0 radical (unpaired) electrons. The van der Waals surface area contributed by atoms with E-state index < -0.39 is 0 Å². The van der Waals surface area contributed by atoms with E-state index in [0.717, 1.165) is 49.6 Å². The molecule has 0 aliphatic carbocycles. The third kappa shape index (κ3) is 6.15. The highest BCUT2D eigenvalue weighted by atomic mass is 16.5. The summed E-state index contributed by atoms with van der Waals surface area (Å²) in [4.78, 5) is 0. The number of hydrogen-bond donors (Lipinski definition) is 1. The van der Waals surface area contributed by atoms with E-state index >= 15 is 0 Å². The molecule has 0 aliphatic rings. The van der Waals surface area contributed by atoms with E-state index in [4.69, 9.17) is 14.2 Å². The van der Waals surface area contributed by atoms with Gasteiger partial charge in [-0.1, -0.05) is 13.8 Å². The van der Waals surface area contributed by atoms with Crippen LogP contribution in [0.1, 0.15) is 33.1 Å². The molecule has 0 saturated heterocycles. The van der Waals surface area contributed by atoms with Gasteiger partial charge in [-0.15, -0.1) is 0 Å². The Bertz CT molecular complexity index is 369. The van der Waals surface area contributed by atoms with Crippen LogP contribution >= 0.6 is 0 Å². The van der Waals surface area contributed by atoms with Crippen molar-refractivity contribution < 1.29 is 14.2 Å². The van der Waals surface area contributed by atoms with Crippen LogP contribution in [0, 0.1) is 0 Å². The van der Waals surface area contributed by atoms with Crippen molar-refractivity contribution in [3.63, 3.8) is 0 Å². The van der Waals surface area contributed by atoms with Crippen LogP contribution in [0.4, 0.5) is 5.69 Å². The Labute approximate surface area is 122 Å². The second-order valence-corrected chi connectivity index (χ2v) is 4.63. The van der Waals surface area contributed by atoms with Crippen molar-refractivity contribution in [1.82, 2.24) is 0 Å². The van der Waals surface area contributed by atoms with Gasteiger partial charge in [0.2, 0.25) is 0 Å². The van der Waals surface area contributed by atoms with Gasteiger partial charge < -0.3 is 19.5 Å². The predicted octanol–water partition coefficient (Wildman–Crippen LogP) is 3.71. The molecule has 1 N–H and O–H groups in total. The molecule has 0 aromatic heterocycles. The van der Waals surface area contributed by atoms with Gasteiger partial charge in [0.05, 0.1) is 13.2 Å². The fraction of sp³-hybridized carbons (Fsp3) is 0.625. The van der Waals surface area contributed by atoms with E-state index in [1.54, 1.807) is 7.11 Å². The maximum atomic E-state index is 5.76. The van der Waals surface area contributed by atoms with Gasteiger partial charge >= 0.3 is 0 Å². The van der Waals surface area contributed by atoms with Crippen LogP contribution in [-0.2, 0) is 4.74 Å². The van der Waals surface area contributed by atoms with Crippen molar-refractivity contribution in [2.45, 2.75) is 33.1 Å². The molecule has 0 bridgehead atoms. The van der Waals surface area contributed by atoms with Crippen LogP contribution in [0.15, 0.2) is 18.2 Å². The number of anilines is 1. The van der Waals surface area contributed by atoms with E-state index in [1.165, 1.54) is 0 Å². The van der Waals surface area contributed by atoms with E-state index in [9.17, 15) is 0 Å². The monoisotopic (exact) mass is 281 g/mol. The smallest absolute Gasteiger partial charge is 0.163 e. The lowest BCUT2D eigenvalue weighted by molar-refractivity contribution is 0.198. The SMILES string of the molecule is CCCOc1ccc(NCCCOC)cc1OCCC. The zero-order chi connectivity index (χ0) is 14.6. The normalized spacial score (nSPS) is 10.3. The molecule has 0 aliphatic heterocycles. The standard InChI is InChI=1S/C16H27NO3/c1-4-10-19-15-8-7-14(17-9-6-12-18-3)13-16(15)20-11-5-2/h7-8,13,17H,4-6,9-12H2,1-3H3. The van der Waals surface area contributed by atoms with Gasteiger partial charge in [0.1, 0.15) is 0 Å². The average Bonchev–Trinajstić information content (AvgIpc) is 2.48. The number of hydrogen-bond acceptors (Lipinski definition) is 4. The summed E-state index contributed by atoms with van der Waals surface area (Å²) in [7, 11) is 1.72. The van der Waals surface area contributed by atoms with Crippen molar-refractivity contribution in [1.29, 1.82) is 0 Å². The summed E-state index contributed by atoms with van der Waals surface area (Å²) in [6.45, 7) is 7.26. The molecule has 1 aromatic rings. The molecule has 1 rings (SSSR count). The van der Waals surface area contributed by atoms with Crippen LogP contribution in [0.2, 0.25) is 0 Å². The summed E-state index contributed by atoms with van der Waals surface area (Å²) >= 11 is 0. The molecule has 20 heavy (non-hydrogen) atoms. The van der Waals surface area contributed by atoms with Crippen molar-refractivity contribution >= 4 is 5.69 Å². The molecule has 0 heterocycles. The zero-order valence-corrected chi connectivity index (χ0v) is 12.9. The first kappa shape index (κ1) is 16.6. The molecule has 4 heteroatoms. The Morgan fingerprint density at radius 1 is 0.950 bits per heavy atom. The highest BCUT2D eigenvalue weighted by Gasteiger charge is 2.06. The van der Waals surface area contributed by atoms with E-state index in [2.05, 4.69) is 19.2 Å². The molecule has 1 aromatic carbocycles. The Kier molecular flexibility index (Phi) is 8.63. The predicted molar refractivity (Wildman–Crippen MR) is 83.0 cm³/mol. The Morgan fingerprint density at radius 2 is 1.65 bits per heavy atom. The Balaban J connectivity index is 2.62. The third-order valence-corrected chi connectivity index (χ3v) is 2.72. The summed E-state index contributed by atoms with van der Waals surface area (Å²) < 4.78 is 16.5. The summed E-state index contributed by atoms with van der Waals surface area (Å²) in [5.74, 6) is 1.64. The minimum Gasteiger partial charge on any atom is -0.490 e. The molecule has 0 spiro atoms. The lowest BCUT2D eigenvalue weighted by Gasteiger charge is -2.14. The highest BCUT2D eigenvalue weighted by Crippen LogP contribution is 2.30. The van der Waals surface area contributed by atoms with Crippen LogP contribution in [0.3, 0.4) is 0 Å². The largest absolute Gasteiger partial charge is 0.490 e. The van der Waals surface area contributed by atoms with Crippen molar-refractivity contribution in [3.05, 3.63) is 18.2 Å². The molecule has 0 fully saturated rings. The molecule has 0 atom stereocenters. The lowest BCUT2D eigenvalue weighted by atomic mass is 10.2. The Morgan fingerprint density at radius 3 is 2.30 bits per heavy atom. The van der Waals surface area contributed by atoms with E-state index in [0.29, 0.717) is 13.2 Å². The Hall–Kier alpha value is -1.42. The van der Waals surface area contributed by atoms with Crippen LogP contribution in [0.25, 0.3) is 0 Å². The summed E-state index contributed by atoms with van der Waals surface area (Å²) in [6.07, 6.45) is 2.96. The van der Waals surface area contributed by atoms with Crippen molar-refractivity contribution in [2.75, 3.05) is 38.8 Å². The van der Waals surface area contributed by atoms with Gasteiger partial charge in [-0.25, -0.2) is 0 Å². The van der Waals surface area contributed by atoms with Gasteiger partial charge in [-0.2, -0.15) is 0 Å².